The number of para-hydroxylation sites is 1. The highest BCUT2D eigenvalue weighted by Gasteiger charge is 2.09. The van der Waals surface area contributed by atoms with E-state index in [1.165, 1.54) is 0 Å². The predicted molar refractivity (Wildman–Crippen MR) is 49.3 cm³/mol. The highest BCUT2D eigenvalue weighted by atomic mass is 16.5. The third-order valence-electron chi connectivity index (χ3n) is 1.56. The minimum absolute atomic E-state index is 0.343. The Hall–Kier alpha value is -1.55. The molecule has 4 nitrogen and oxygen atoms in total. The molecule has 70 valence electrons. The number of nitrogen functional groups attached to an aromatic ring is 1. The van der Waals surface area contributed by atoms with Crippen molar-refractivity contribution >= 4 is 5.91 Å². The van der Waals surface area contributed by atoms with Crippen LogP contribution in [0.2, 0.25) is 0 Å². The molecular weight excluding hydrogens is 168 g/mol. The number of ether oxygens (including phenoxy) is 1. The van der Waals surface area contributed by atoms with Crippen LogP contribution in [0.1, 0.15) is 17.3 Å². The lowest BCUT2D eigenvalue weighted by Crippen LogP contribution is -2.30. The second-order valence-corrected chi connectivity index (χ2v) is 2.40. The van der Waals surface area contributed by atoms with E-state index in [4.69, 9.17) is 10.6 Å². The first-order valence-corrected chi connectivity index (χ1v) is 4.02. The lowest BCUT2D eigenvalue weighted by atomic mass is 10.2. The second kappa shape index (κ2) is 4.47. The molecule has 0 aliphatic heterocycles. The molecule has 0 radical (unpaired) electrons. The van der Waals surface area contributed by atoms with Crippen LogP contribution in [0.5, 0.6) is 5.75 Å². The van der Waals surface area contributed by atoms with Crippen LogP contribution in [0, 0.1) is 0 Å². The second-order valence-electron chi connectivity index (χ2n) is 2.40. The summed E-state index contributed by atoms with van der Waals surface area (Å²) in [4.78, 5) is 11.2. The molecule has 0 spiro atoms. The molecule has 0 unspecified atom stereocenters. The van der Waals surface area contributed by atoms with E-state index >= 15 is 0 Å². The molecular formula is C9H12N2O2. The number of hydrogen-bond donors (Lipinski definition) is 2. The number of hydrazine groups is 1. The van der Waals surface area contributed by atoms with Crippen molar-refractivity contribution in [3.63, 3.8) is 0 Å². The van der Waals surface area contributed by atoms with E-state index in [1.54, 1.807) is 24.3 Å². The van der Waals surface area contributed by atoms with Gasteiger partial charge in [0.15, 0.2) is 0 Å². The predicted octanol–water partition coefficient (Wildman–Crippen LogP) is 0.689. The minimum Gasteiger partial charge on any atom is -0.493 e. The summed E-state index contributed by atoms with van der Waals surface area (Å²) in [6.07, 6.45) is 0. The zero-order valence-corrected chi connectivity index (χ0v) is 7.41. The van der Waals surface area contributed by atoms with Crippen molar-refractivity contribution in [2.75, 3.05) is 6.61 Å². The largest absolute Gasteiger partial charge is 0.493 e. The highest BCUT2D eigenvalue weighted by Crippen LogP contribution is 2.17. The molecule has 3 N–H and O–H groups in total. The van der Waals surface area contributed by atoms with Crippen LogP contribution in [0.15, 0.2) is 24.3 Å². The van der Waals surface area contributed by atoms with E-state index in [0.717, 1.165) is 0 Å². The Morgan fingerprint density at radius 3 is 2.85 bits per heavy atom. The van der Waals surface area contributed by atoms with Gasteiger partial charge in [-0.15, -0.1) is 0 Å². The molecule has 0 fully saturated rings. The van der Waals surface area contributed by atoms with Crippen molar-refractivity contribution in [1.82, 2.24) is 5.43 Å². The first-order chi connectivity index (χ1) is 6.29. The van der Waals surface area contributed by atoms with Gasteiger partial charge in [0.05, 0.1) is 12.2 Å². The van der Waals surface area contributed by atoms with Crippen molar-refractivity contribution in [1.29, 1.82) is 0 Å². The Bertz CT molecular complexity index is 299. The van der Waals surface area contributed by atoms with E-state index in [9.17, 15) is 4.79 Å². The molecule has 0 saturated heterocycles. The zero-order valence-electron chi connectivity index (χ0n) is 7.41. The average molecular weight is 180 g/mol. The van der Waals surface area contributed by atoms with Gasteiger partial charge < -0.3 is 4.74 Å². The molecule has 0 heterocycles. The molecule has 13 heavy (non-hydrogen) atoms. The monoisotopic (exact) mass is 180 g/mol. The molecule has 0 atom stereocenters. The fourth-order valence-corrected chi connectivity index (χ4v) is 1.01. The normalized spacial score (nSPS) is 9.38. The van der Waals surface area contributed by atoms with Gasteiger partial charge in [-0.05, 0) is 19.1 Å². The quantitative estimate of drug-likeness (QED) is 0.408. The SMILES string of the molecule is CCOc1ccccc1C(=O)NN. The van der Waals surface area contributed by atoms with Crippen LogP contribution in [0.4, 0.5) is 0 Å². The van der Waals surface area contributed by atoms with Gasteiger partial charge in [-0.2, -0.15) is 0 Å². The maximum Gasteiger partial charge on any atom is 0.268 e. The Morgan fingerprint density at radius 2 is 2.23 bits per heavy atom. The fourth-order valence-electron chi connectivity index (χ4n) is 1.01. The number of hydrogen-bond acceptors (Lipinski definition) is 3. The van der Waals surface area contributed by atoms with E-state index in [0.29, 0.717) is 17.9 Å². The Morgan fingerprint density at radius 1 is 1.54 bits per heavy atom. The number of carbonyl (C=O) groups excluding carboxylic acids is 1. The Kier molecular flexibility index (Phi) is 3.28. The first kappa shape index (κ1) is 9.54. The maximum absolute atomic E-state index is 11.2. The molecule has 1 aromatic rings. The van der Waals surface area contributed by atoms with Gasteiger partial charge >= 0.3 is 0 Å². The van der Waals surface area contributed by atoms with Gasteiger partial charge in [0, 0.05) is 0 Å². The minimum atomic E-state index is -0.343. The number of nitrogens with one attached hydrogen (secondary N) is 1. The molecule has 1 aromatic carbocycles. The van der Waals surface area contributed by atoms with Crippen LogP contribution in [-0.4, -0.2) is 12.5 Å². The lowest BCUT2D eigenvalue weighted by Gasteiger charge is -2.07. The Balaban J connectivity index is 2.97. The van der Waals surface area contributed by atoms with E-state index in [-0.39, 0.29) is 5.91 Å². The fraction of sp³-hybridized carbons (Fsp3) is 0.222. The van der Waals surface area contributed by atoms with Gasteiger partial charge in [-0.3, -0.25) is 10.2 Å². The molecule has 1 rings (SSSR count). The van der Waals surface area contributed by atoms with Gasteiger partial charge in [-0.1, -0.05) is 12.1 Å². The van der Waals surface area contributed by atoms with Crippen LogP contribution < -0.4 is 16.0 Å². The summed E-state index contributed by atoms with van der Waals surface area (Å²) in [5, 5.41) is 0. The number of benzene rings is 1. The summed E-state index contributed by atoms with van der Waals surface area (Å²) in [5.41, 5.74) is 2.51. The zero-order chi connectivity index (χ0) is 9.68. The van der Waals surface area contributed by atoms with E-state index in [1.807, 2.05) is 6.92 Å². The van der Waals surface area contributed by atoms with Crippen LogP contribution in [-0.2, 0) is 0 Å². The standard InChI is InChI=1S/C9H12N2O2/c1-2-13-8-6-4-3-5-7(8)9(12)11-10/h3-6H,2,10H2,1H3,(H,11,12). The van der Waals surface area contributed by atoms with Gasteiger partial charge in [0.1, 0.15) is 5.75 Å². The third kappa shape index (κ3) is 2.19. The number of amides is 1. The molecule has 0 aliphatic rings. The third-order valence-corrected chi connectivity index (χ3v) is 1.56. The van der Waals surface area contributed by atoms with E-state index in [2.05, 4.69) is 5.43 Å². The van der Waals surface area contributed by atoms with Crippen molar-refractivity contribution in [2.45, 2.75) is 6.92 Å². The molecule has 0 bridgehead atoms. The summed E-state index contributed by atoms with van der Waals surface area (Å²) >= 11 is 0. The summed E-state index contributed by atoms with van der Waals surface area (Å²) < 4.78 is 5.24. The molecule has 0 saturated carbocycles. The van der Waals surface area contributed by atoms with Gasteiger partial charge in [0.2, 0.25) is 0 Å². The number of nitrogens with two attached hydrogens (primary N) is 1. The summed E-state index contributed by atoms with van der Waals surface area (Å²) in [6, 6.07) is 6.95. The first-order valence-electron chi connectivity index (χ1n) is 4.02. The van der Waals surface area contributed by atoms with Crippen LogP contribution >= 0.6 is 0 Å². The smallest absolute Gasteiger partial charge is 0.268 e. The summed E-state index contributed by atoms with van der Waals surface area (Å²) in [5.74, 6) is 5.22. The van der Waals surface area contributed by atoms with Crippen LogP contribution in [0.3, 0.4) is 0 Å². The van der Waals surface area contributed by atoms with Crippen molar-refractivity contribution in [2.24, 2.45) is 5.84 Å². The van der Waals surface area contributed by atoms with Crippen molar-refractivity contribution in [3.05, 3.63) is 29.8 Å². The van der Waals surface area contributed by atoms with Gasteiger partial charge in [0.25, 0.3) is 5.91 Å². The maximum atomic E-state index is 11.2. The topological polar surface area (TPSA) is 64.3 Å². The number of rotatable bonds is 3. The molecule has 1 amide bonds. The van der Waals surface area contributed by atoms with Crippen LogP contribution in [0.25, 0.3) is 0 Å². The molecule has 0 aromatic heterocycles. The van der Waals surface area contributed by atoms with Crippen molar-refractivity contribution in [3.8, 4) is 5.75 Å². The Labute approximate surface area is 76.7 Å². The summed E-state index contributed by atoms with van der Waals surface area (Å²) in [6.45, 7) is 2.38. The van der Waals surface area contributed by atoms with Gasteiger partial charge in [-0.25, -0.2) is 5.84 Å². The summed E-state index contributed by atoms with van der Waals surface area (Å²) in [7, 11) is 0. The van der Waals surface area contributed by atoms with Crippen molar-refractivity contribution < 1.29 is 9.53 Å². The lowest BCUT2D eigenvalue weighted by molar-refractivity contribution is 0.0950. The molecule has 4 heteroatoms. The number of carbonyl (C=O) groups is 1. The van der Waals surface area contributed by atoms with E-state index < -0.39 is 0 Å². The molecule has 0 aliphatic carbocycles. The highest BCUT2D eigenvalue weighted by molar-refractivity contribution is 5.96. The average Bonchev–Trinajstić information content (AvgIpc) is 2.18.